The Balaban J connectivity index is 1.11. The van der Waals surface area contributed by atoms with E-state index in [9.17, 15) is 20.0 Å². The first-order valence-corrected chi connectivity index (χ1v) is 14.3. The van der Waals surface area contributed by atoms with Crippen molar-refractivity contribution in [2.45, 2.75) is 52.4 Å². The average Bonchev–Trinajstić information content (AvgIpc) is 3.55. The van der Waals surface area contributed by atoms with Gasteiger partial charge in [-0.1, -0.05) is 0 Å². The third-order valence-corrected chi connectivity index (χ3v) is 7.49. The molecule has 1 fully saturated rings. The summed E-state index contributed by atoms with van der Waals surface area (Å²) in [6, 6.07) is 15.3. The number of unbranched alkanes of at least 4 members (excludes halogenated alkanes) is 1. The molecular formula is C32H37N5O5. The molecule has 1 aliphatic rings. The van der Waals surface area contributed by atoms with Gasteiger partial charge >= 0.3 is 6.09 Å². The van der Waals surface area contributed by atoms with Gasteiger partial charge < -0.3 is 23.7 Å². The lowest BCUT2D eigenvalue weighted by Crippen LogP contribution is -2.46. The van der Waals surface area contributed by atoms with Crippen LogP contribution in [0.4, 0.5) is 10.5 Å². The molecule has 0 aliphatic carbocycles. The van der Waals surface area contributed by atoms with Crippen LogP contribution < -0.4 is 10.2 Å². The van der Waals surface area contributed by atoms with E-state index in [1.807, 2.05) is 41.1 Å². The van der Waals surface area contributed by atoms with Crippen LogP contribution in [0.5, 0.6) is 0 Å². The van der Waals surface area contributed by atoms with Crippen molar-refractivity contribution in [3.05, 3.63) is 65.5 Å². The summed E-state index contributed by atoms with van der Waals surface area (Å²) in [7, 11) is 0. The number of fused-ring (bicyclic) bond motifs is 2. The monoisotopic (exact) mass is 571 g/mol. The molecule has 3 heterocycles. The van der Waals surface area contributed by atoms with Crippen molar-refractivity contribution in [3.63, 3.8) is 0 Å². The summed E-state index contributed by atoms with van der Waals surface area (Å²) in [6.45, 7) is 9.85. The topological polar surface area (TPSA) is 124 Å². The first-order valence-electron chi connectivity index (χ1n) is 14.3. The van der Waals surface area contributed by atoms with Crippen molar-refractivity contribution >= 4 is 39.6 Å². The van der Waals surface area contributed by atoms with E-state index in [1.54, 1.807) is 32.9 Å². The Morgan fingerprint density at radius 3 is 2.57 bits per heavy atom. The number of imide groups is 1. The Morgan fingerprint density at radius 1 is 1.07 bits per heavy atom. The smallest absolute Gasteiger partial charge is 0.414 e. The minimum Gasteiger partial charge on any atom is -0.451 e. The number of piperazine rings is 1. The van der Waals surface area contributed by atoms with Gasteiger partial charge in [-0.05, 0) is 94.6 Å². The van der Waals surface area contributed by atoms with E-state index in [0.29, 0.717) is 11.1 Å². The van der Waals surface area contributed by atoms with Crippen molar-refractivity contribution in [2.75, 3.05) is 37.6 Å². The number of anilines is 1. The number of carbonyl (C=O) groups excluding carboxylic acids is 2. The van der Waals surface area contributed by atoms with E-state index < -0.39 is 17.6 Å². The van der Waals surface area contributed by atoms with Crippen LogP contribution in [-0.2, 0) is 17.9 Å². The number of nitrogens with one attached hydrogen (secondary N) is 1. The number of rotatable bonds is 8. The number of amides is 2. The zero-order valence-corrected chi connectivity index (χ0v) is 24.4. The quantitative estimate of drug-likeness (QED) is 0.283. The summed E-state index contributed by atoms with van der Waals surface area (Å²) in [5, 5.41) is 23.0. The molecule has 0 radical (unpaired) electrons. The zero-order chi connectivity index (χ0) is 29.9. The molecule has 4 aromatic rings. The van der Waals surface area contributed by atoms with Crippen LogP contribution in [0.2, 0.25) is 0 Å². The van der Waals surface area contributed by atoms with E-state index in [4.69, 9.17) is 9.15 Å². The largest absolute Gasteiger partial charge is 0.451 e. The van der Waals surface area contributed by atoms with E-state index >= 15 is 0 Å². The van der Waals surface area contributed by atoms with Crippen molar-refractivity contribution in [1.82, 2.24) is 14.8 Å². The van der Waals surface area contributed by atoms with Crippen LogP contribution in [0.15, 0.2) is 53.1 Å². The second-order valence-corrected chi connectivity index (χ2v) is 11.7. The van der Waals surface area contributed by atoms with Crippen molar-refractivity contribution in [1.29, 1.82) is 5.26 Å². The lowest BCUT2D eigenvalue weighted by Gasteiger charge is -2.36. The standard InChI is InChI=1S/C32H37N5O5/c1-32(2,3)42-31(40)34-30(39)29-18-24-17-25(8-10-28(24)41-29)36-14-12-35(13-15-36)11-5-4-6-23-20-37(21-38)27-9-7-22(19-33)16-26(23)27/h7-10,16-18,20,38H,4-6,11-15,21H2,1-3H3,(H,34,39,40). The number of aryl methyl sites for hydroxylation is 1. The molecule has 42 heavy (non-hydrogen) atoms. The molecule has 2 aromatic heterocycles. The van der Waals surface area contributed by atoms with Crippen molar-refractivity contribution < 1.29 is 23.8 Å². The maximum Gasteiger partial charge on any atom is 0.414 e. The highest BCUT2D eigenvalue weighted by molar-refractivity contribution is 6.03. The van der Waals surface area contributed by atoms with Crippen LogP contribution in [0.25, 0.3) is 21.9 Å². The summed E-state index contributed by atoms with van der Waals surface area (Å²) in [6.07, 6.45) is 4.19. The molecule has 5 rings (SSSR count). The molecule has 0 bridgehead atoms. The summed E-state index contributed by atoms with van der Waals surface area (Å²) in [5.74, 6) is -0.578. The van der Waals surface area contributed by atoms with Crippen LogP contribution in [-0.4, -0.2) is 64.9 Å². The molecule has 1 aliphatic heterocycles. The Kier molecular flexibility index (Phi) is 8.52. The lowest BCUT2D eigenvalue weighted by molar-refractivity contribution is 0.0503. The summed E-state index contributed by atoms with van der Waals surface area (Å²) in [4.78, 5) is 29.2. The van der Waals surface area contributed by atoms with Crippen LogP contribution in [0.3, 0.4) is 0 Å². The molecular weight excluding hydrogens is 534 g/mol. The molecule has 220 valence electrons. The SMILES string of the molecule is CC(C)(C)OC(=O)NC(=O)c1cc2cc(N3CCN(CCCCc4cn(CO)c5ccc(C#N)cc45)CC3)ccc2o1. The van der Waals surface area contributed by atoms with Gasteiger partial charge in [-0.3, -0.25) is 15.0 Å². The number of hydrogen-bond acceptors (Lipinski definition) is 8. The van der Waals surface area contributed by atoms with Crippen molar-refractivity contribution in [3.8, 4) is 6.07 Å². The van der Waals surface area contributed by atoms with Crippen LogP contribution in [0.1, 0.15) is 55.3 Å². The molecule has 2 amide bonds. The van der Waals surface area contributed by atoms with Gasteiger partial charge in [0.2, 0.25) is 0 Å². The first kappa shape index (κ1) is 29.2. The average molecular weight is 572 g/mol. The van der Waals surface area contributed by atoms with Crippen LogP contribution in [0, 0.1) is 11.3 Å². The maximum absolute atomic E-state index is 12.5. The molecule has 0 unspecified atom stereocenters. The minimum atomic E-state index is -0.810. The maximum atomic E-state index is 12.5. The molecule has 2 N–H and O–H groups in total. The van der Waals surface area contributed by atoms with E-state index in [-0.39, 0.29) is 12.5 Å². The van der Waals surface area contributed by atoms with E-state index in [1.165, 1.54) is 5.56 Å². The van der Waals surface area contributed by atoms with Gasteiger partial charge in [0, 0.05) is 48.8 Å². The minimum absolute atomic E-state index is 0.0595. The highest BCUT2D eigenvalue weighted by Gasteiger charge is 2.22. The number of ether oxygens (including phenoxy) is 1. The third kappa shape index (κ3) is 6.75. The number of carbonyl (C=O) groups is 2. The Labute approximate surface area is 245 Å². The zero-order valence-electron chi connectivity index (χ0n) is 24.4. The highest BCUT2D eigenvalue weighted by atomic mass is 16.6. The first-order chi connectivity index (χ1) is 20.1. The predicted octanol–water partition coefficient (Wildman–Crippen LogP) is 5.02. The number of furan rings is 1. The number of nitrogens with zero attached hydrogens (tertiary/aromatic N) is 4. The molecule has 10 nitrogen and oxygen atoms in total. The molecule has 0 atom stereocenters. The number of aliphatic hydroxyl groups excluding tert-OH is 1. The lowest BCUT2D eigenvalue weighted by atomic mass is 10.0. The predicted molar refractivity (Wildman–Crippen MR) is 160 cm³/mol. The molecule has 1 saturated heterocycles. The number of aliphatic hydroxyl groups is 1. The van der Waals surface area contributed by atoms with Gasteiger partial charge in [0.25, 0.3) is 5.91 Å². The summed E-state index contributed by atoms with van der Waals surface area (Å²) >= 11 is 0. The molecule has 0 spiro atoms. The third-order valence-electron chi connectivity index (χ3n) is 7.49. The van der Waals surface area contributed by atoms with Gasteiger partial charge in [0.1, 0.15) is 17.9 Å². The number of hydrogen-bond donors (Lipinski definition) is 2. The number of alkyl carbamates (subject to hydrolysis) is 1. The van der Waals surface area contributed by atoms with Crippen LogP contribution >= 0.6 is 0 Å². The molecule has 2 aromatic carbocycles. The van der Waals surface area contributed by atoms with Gasteiger partial charge in [0.05, 0.1) is 17.1 Å². The van der Waals surface area contributed by atoms with E-state index in [0.717, 1.165) is 74.0 Å². The fourth-order valence-electron chi connectivity index (χ4n) is 5.43. The van der Waals surface area contributed by atoms with Crippen molar-refractivity contribution in [2.24, 2.45) is 0 Å². The Hall–Kier alpha value is -4.33. The summed E-state index contributed by atoms with van der Waals surface area (Å²) in [5.41, 5.74) is 3.70. The normalized spacial score (nSPS) is 14.3. The molecule has 0 saturated carbocycles. The van der Waals surface area contributed by atoms with Gasteiger partial charge in [-0.15, -0.1) is 0 Å². The fourth-order valence-corrected chi connectivity index (χ4v) is 5.43. The number of nitriles is 1. The number of aromatic nitrogens is 1. The van der Waals surface area contributed by atoms with Gasteiger partial charge in [-0.2, -0.15) is 5.26 Å². The second-order valence-electron chi connectivity index (χ2n) is 11.7. The number of benzene rings is 2. The Morgan fingerprint density at radius 2 is 1.86 bits per heavy atom. The van der Waals surface area contributed by atoms with E-state index in [2.05, 4.69) is 21.2 Å². The molecule has 10 heteroatoms. The Bertz CT molecular complexity index is 1630. The fraction of sp³-hybridized carbons (Fsp3) is 0.406. The second kappa shape index (κ2) is 12.3. The summed E-state index contributed by atoms with van der Waals surface area (Å²) < 4.78 is 12.6. The van der Waals surface area contributed by atoms with Gasteiger partial charge in [-0.25, -0.2) is 4.79 Å². The van der Waals surface area contributed by atoms with Gasteiger partial charge in [0.15, 0.2) is 5.76 Å². The highest BCUT2D eigenvalue weighted by Crippen LogP contribution is 2.27.